The highest BCUT2D eigenvalue weighted by Gasteiger charge is 2.15. The Balaban J connectivity index is 2.53. The first-order valence-corrected chi connectivity index (χ1v) is 5.12. The van der Waals surface area contributed by atoms with E-state index in [9.17, 15) is 4.79 Å². The number of hydrogen-bond donors (Lipinski definition) is 0. The van der Waals surface area contributed by atoms with Crippen LogP contribution in [0, 0.1) is 5.92 Å². The molecule has 1 heteroatoms. The van der Waals surface area contributed by atoms with Crippen molar-refractivity contribution in [2.75, 3.05) is 0 Å². The fourth-order valence-electron chi connectivity index (χ4n) is 2.07. The van der Waals surface area contributed by atoms with Crippen LogP contribution < -0.4 is 0 Å². The SMILES string of the molecule is CCC(=C=O)C1CCCCCC1. The molecule has 1 aliphatic rings. The zero-order valence-corrected chi connectivity index (χ0v) is 7.94. The molecule has 0 amide bonds. The van der Waals surface area contributed by atoms with Crippen molar-refractivity contribution in [3.05, 3.63) is 5.57 Å². The van der Waals surface area contributed by atoms with Crippen molar-refractivity contribution < 1.29 is 4.79 Å². The molecule has 1 aliphatic carbocycles. The van der Waals surface area contributed by atoms with Gasteiger partial charge in [0, 0.05) is 5.57 Å². The van der Waals surface area contributed by atoms with Crippen molar-refractivity contribution in [3.63, 3.8) is 0 Å². The molecule has 0 spiro atoms. The molecule has 1 fully saturated rings. The van der Waals surface area contributed by atoms with Crippen molar-refractivity contribution in [3.8, 4) is 0 Å². The third-order valence-corrected chi connectivity index (χ3v) is 2.86. The average molecular weight is 166 g/mol. The Bertz CT molecular complexity index is 169. The van der Waals surface area contributed by atoms with Crippen LogP contribution >= 0.6 is 0 Å². The molecule has 1 saturated carbocycles. The number of allylic oxidation sites excluding steroid dienone is 1. The fourth-order valence-corrected chi connectivity index (χ4v) is 2.07. The van der Waals surface area contributed by atoms with E-state index >= 15 is 0 Å². The van der Waals surface area contributed by atoms with Crippen LogP contribution in [0.5, 0.6) is 0 Å². The zero-order chi connectivity index (χ0) is 8.81. The van der Waals surface area contributed by atoms with Crippen molar-refractivity contribution in [2.45, 2.75) is 51.9 Å². The van der Waals surface area contributed by atoms with E-state index in [1.807, 2.05) is 0 Å². The minimum atomic E-state index is 0.565. The predicted molar refractivity (Wildman–Crippen MR) is 50.7 cm³/mol. The summed E-state index contributed by atoms with van der Waals surface area (Å²) in [6, 6.07) is 0. The van der Waals surface area contributed by atoms with Gasteiger partial charge in [-0.05, 0) is 25.2 Å². The summed E-state index contributed by atoms with van der Waals surface area (Å²) in [7, 11) is 0. The van der Waals surface area contributed by atoms with Crippen molar-refractivity contribution >= 4 is 5.94 Å². The Morgan fingerprint density at radius 2 is 1.83 bits per heavy atom. The molecular formula is C11H18O. The molecule has 0 bridgehead atoms. The molecule has 0 N–H and O–H groups in total. The van der Waals surface area contributed by atoms with Gasteiger partial charge in [-0.1, -0.05) is 32.6 Å². The van der Waals surface area contributed by atoms with Gasteiger partial charge >= 0.3 is 0 Å². The molecule has 0 aliphatic heterocycles. The highest BCUT2D eigenvalue weighted by atomic mass is 16.1. The van der Waals surface area contributed by atoms with Crippen LogP contribution in [0.3, 0.4) is 0 Å². The first-order valence-electron chi connectivity index (χ1n) is 5.12. The third-order valence-electron chi connectivity index (χ3n) is 2.86. The first kappa shape index (κ1) is 9.54. The molecule has 0 heterocycles. The topological polar surface area (TPSA) is 17.1 Å². The summed E-state index contributed by atoms with van der Waals surface area (Å²) in [5.74, 6) is 2.68. The lowest BCUT2D eigenvalue weighted by atomic mass is 9.91. The Morgan fingerprint density at radius 3 is 2.25 bits per heavy atom. The van der Waals surface area contributed by atoms with E-state index in [0.29, 0.717) is 5.92 Å². The maximum absolute atomic E-state index is 10.6. The zero-order valence-electron chi connectivity index (χ0n) is 7.94. The predicted octanol–water partition coefficient (Wildman–Crippen LogP) is 3.12. The van der Waals surface area contributed by atoms with Gasteiger partial charge in [-0.2, -0.15) is 0 Å². The summed E-state index contributed by atoms with van der Waals surface area (Å²) in [4.78, 5) is 10.6. The monoisotopic (exact) mass is 166 g/mol. The van der Waals surface area contributed by atoms with E-state index in [4.69, 9.17) is 0 Å². The minimum absolute atomic E-state index is 0.565. The second-order valence-corrected chi connectivity index (χ2v) is 3.67. The summed E-state index contributed by atoms with van der Waals surface area (Å²) in [6.45, 7) is 2.06. The van der Waals surface area contributed by atoms with Gasteiger partial charge in [-0.15, -0.1) is 0 Å². The summed E-state index contributed by atoms with van der Waals surface area (Å²) >= 11 is 0. The van der Waals surface area contributed by atoms with E-state index in [1.165, 1.54) is 38.5 Å². The molecule has 1 nitrogen and oxygen atoms in total. The number of rotatable bonds is 2. The molecule has 0 saturated heterocycles. The Kier molecular flexibility index (Phi) is 4.10. The van der Waals surface area contributed by atoms with E-state index in [2.05, 4.69) is 12.9 Å². The van der Waals surface area contributed by atoms with Gasteiger partial charge in [0.2, 0.25) is 0 Å². The van der Waals surface area contributed by atoms with Crippen molar-refractivity contribution in [1.29, 1.82) is 0 Å². The van der Waals surface area contributed by atoms with Crippen LogP contribution in [-0.4, -0.2) is 5.94 Å². The highest BCUT2D eigenvalue weighted by molar-refractivity contribution is 5.53. The molecule has 0 aromatic rings. The first-order chi connectivity index (χ1) is 5.88. The lowest BCUT2D eigenvalue weighted by Crippen LogP contribution is -2.02. The van der Waals surface area contributed by atoms with Gasteiger partial charge in [0.15, 0.2) is 0 Å². The number of hydrogen-bond acceptors (Lipinski definition) is 1. The van der Waals surface area contributed by atoms with Crippen LogP contribution in [-0.2, 0) is 4.79 Å². The third kappa shape index (κ3) is 2.49. The highest BCUT2D eigenvalue weighted by Crippen LogP contribution is 2.28. The molecule has 1 rings (SSSR count). The van der Waals surface area contributed by atoms with Gasteiger partial charge in [-0.25, -0.2) is 4.79 Å². The summed E-state index contributed by atoms with van der Waals surface area (Å²) < 4.78 is 0. The minimum Gasteiger partial charge on any atom is -0.234 e. The quantitative estimate of drug-likeness (QED) is 0.455. The second-order valence-electron chi connectivity index (χ2n) is 3.67. The van der Waals surface area contributed by atoms with E-state index < -0.39 is 0 Å². The molecule has 0 unspecified atom stereocenters. The Hall–Kier alpha value is -0.550. The maximum atomic E-state index is 10.6. The normalized spacial score (nSPS) is 19.8. The summed E-state index contributed by atoms with van der Waals surface area (Å²) in [5.41, 5.74) is 1.02. The van der Waals surface area contributed by atoms with Gasteiger partial charge in [-0.3, -0.25) is 0 Å². The molecule has 68 valence electrons. The Labute approximate surface area is 74.9 Å². The Morgan fingerprint density at radius 1 is 1.25 bits per heavy atom. The second kappa shape index (κ2) is 5.16. The van der Waals surface area contributed by atoms with Gasteiger partial charge < -0.3 is 0 Å². The smallest absolute Gasteiger partial charge is 0.123 e. The van der Waals surface area contributed by atoms with Gasteiger partial charge in [0.1, 0.15) is 5.94 Å². The molecular weight excluding hydrogens is 148 g/mol. The molecule has 0 aromatic heterocycles. The fraction of sp³-hybridized carbons (Fsp3) is 0.818. The maximum Gasteiger partial charge on any atom is 0.123 e. The van der Waals surface area contributed by atoms with Crippen LogP contribution in [0.25, 0.3) is 0 Å². The van der Waals surface area contributed by atoms with Gasteiger partial charge in [0.25, 0.3) is 0 Å². The molecule has 0 radical (unpaired) electrons. The lowest BCUT2D eigenvalue weighted by Gasteiger charge is -2.12. The van der Waals surface area contributed by atoms with Gasteiger partial charge in [0.05, 0.1) is 0 Å². The van der Waals surface area contributed by atoms with Crippen LogP contribution in [0.1, 0.15) is 51.9 Å². The standard InChI is InChI=1S/C11H18O/c1-2-10(9-12)11-7-5-3-4-6-8-11/h11H,2-8H2,1H3. The van der Waals surface area contributed by atoms with Crippen LogP contribution in [0.4, 0.5) is 0 Å². The summed E-state index contributed by atoms with van der Waals surface area (Å²) in [5, 5.41) is 0. The lowest BCUT2D eigenvalue weighted by molar-refractivity contribution is 0.509. The molecule has 0 aromatic carbocycles. The van der Waals surface area contributed by atoms with E-state index in [-0.39, 0.29) is 0 Å². The van der Waals surface area contributed by atoms with Crippen LogP contribution in [0.2, 0.25) is 0 Å². The van der Waals surface area contributed by atoms with Crippen molar-refractivity contribution in [1.82, 2.24) is 0 Å². The summed E-state index contributed by atoms with van der Waals surface area (Å²) in [6.07, 6.45) is 8.65. The average Bonchev–Trinajstić information content (AvgIpc) is 2.35. The largest absolute Gasteiger partial charge is 0.234 e. The van der Waals surface area contributed by atoms with Crippen LogP contribution in [0.15, 0.2) is 5.57 Å². The number of carbonyl (C=O) groups excluding carboxylic acids is 1. The molecule has 0 atom stereocenters. The molecule has 12 heavy (non-hydrogen) atoms. The van der Waals surface area contributed by atoms with E-state index in [0.717, 1.165) is 12.0 Å². The van der Waals surface area contributed by atoms with Crippen molar-refractivity contribution in [2.24, 2.45) is 5.92 Å². The van der Waals surface area contributed by atoms with E-state index in [1.54, 1.807) is 0 Å².